The van der Waals surface area contributed by atoms with E-state index in [1.54, 1.807) is 24.9 Å². The third kappa shape index (κ3) is 3.68. The molecule has 0 unspecified atom stereocenters. The summed E-state index contributed by atoms with van der Waals surface area (Å²) in [4.78, 5) is 21.9. The summed E-state index contributed by atoms with van der Waals surface area (Å²) in [5, 5.41) is 19.4. The molecular formula is C13H17N5O4. The number of aryl methyl sites for hydroxylation is 2. The summed E-state index contributed by atoms with van der Waals surface area (Å²) < 4.78 is 7.86. The summed E-state index contributed by atoms with van der Waals surface area (Å²) in [5.74, 6) is -0.281. The van der Waals surface area contributed by atoms with Crippen molar-refractivity contribution in [1.29, 1.82) is 0 Å². The molecule has 0 bridgehead atoms. The van der Waals surface area contributed by atoms with Crippen molar-refractivity contribution in [2.75, 3.05) is 6.61 Å². The predicted octanol–water partition coefficient (Wildman–Crippen LogP) is 1.54. The van der Waals surface area contributed by atoms with Gasteiger partial charge in [-0.25, -0.2) is 0 Å². The van der Waals surface area contributed by atoms with Gasteiger partial charge in [-0.15, -0.1) is 0 Å². The lowest BCUT2D eigenvalue weighted by Crippen LogP contribution is -2.06. The van der Waals surface area contributed by atoms with Crippen LogP contribution in [-0.4, -0.2) is 37.1 Å². The molecule has 0 saturated carbocycles. The van der Waals surface area contributed by atoms with Crippen LogP contribution < -0.4 is 0 Å². The van der Waals surface area contributed by atoms with Crippen LogP contribution in [0.15, 0.2) is 18.6 Å². The Labute approximate surface area is 126 Å². The minimum atomic E-state index is -0.475. The second-order valence-corrected chi connectivity index (χ2v) is 4.69. The van der Waals surface area contributed by atoms with E-state index in [1.807, 2.05) is 0 Å². The van der Waals surface area contributed by atoms with Gasteiger partial charge in [-0.3, -0.25) is 24.3 Å². The highest BCUT2D eigenvalue weighted by Gasteiger charge is 2.22. The van der Waals surface area contributed by atoms with Crippen LogP contribution in [0.5, 0.6) is 0 Å². The molecule has 0 aromatic carbocycles. The van der Waals surface area contributed by atoms with Crippen LogP contribution in [0.3, 0.4) is 0 Å². The van der Waals surface area contributed by atoms with E-state index in [4.69, 9.17) is 4.74 Å². The topological polar surface area (TPSA) is 105 Å². The zero-order valence-corrected chi connectivity index (χ0v) is 12.4. The fraction of sp³-hybridized carbons (Fsp3) is 0.462. The van der Waals surface area contributed by atoms with Crippen LogP contribution in [0.25, 0.3) is 11.3 Å². The van der Waals surface area contributed by atoms with Crippen molar-refractivity contribution in [3.05, 3.63) is 28.7 Å². The highest BCUT2D eigenvalue weighted by molar-refractivity contribution is 5.69. The Balaban J connectivity index is 2.10. The van der Waals surface area contributed by atoms with Gasteiger partial charge in [0.05, 0.1) is 17.7 Å². The number of aromatic nitrogens is 4. The number of carbonyl (C=O) groups excluding carboxylic acids is 1. The van der Waals surface area contributed by atoms with Crippen LogP contribution in [0, 0.1) is 10.1 Å². The molecular weight excluding hydrogens is 290 g/mol. The Morgan fingerprint density at radius 1 is 1.45 bits per heavy atom. The largest absolute Gasteiger partial charge is 0.466 e. The van der Waals surface area contributed by atoms with Crippen LogP contribution >= 0.6 is 0 Å². The highest BCUT2D eigenvalue weighted by atomic mass is 16.6. The molecule has 0 saturated heterocycles. The third-order valence-corrected chi connectivity index (χ3v) is 2.99. The average Bonchev–Trinajstić information content (AvgIpc) is 3.05. The van der Waals surface area contributed by atoms with Gasteiger partial charge >= 0.3 is 11.7 Å². The molecule has 2 aromatic heterocycles. The molecule has 9 nitrogen and oxygen atoms in total. The number of nitrogens with zero attached hydrogens (tertiary/aromatic N) is 5. The van der Waals surface area contributed by atoms with Gasteiger partial charge in [0.25, 0.3) is 0 Å². The van der Waals surface area contributed by atoms with Crippen LogP contribution in [0.2, 0.25) is 0 Å². The van der Waals surface area contributed by atoms with E-state index in [-0.39, 0.29) is 23.8 Å². The molecule has 2 aromatic rings. The maximum absolute atomic E-state index is 11.3. The lowest BCUT2D eigenvalue weighted by Gasteiger charge is -2.01. The van der Waals surface area contributed by atoms with E-state index < -0.39 is 4.92 Å². The lowest BCUT2D eigenvalue weighted by molar-refractivity contribution is -0.384. The average molecular weight is 307 g/mol. The molecule has 9 heteroatoms. The quantitative estimate of drug-likeness (QED) is 0.436. The Bertz CT molecular complexity index is 676. The molecule has 0 amide bonds. The van der Waals surface area contributed by atoms with Crippen molar-refractivity contribution in [3.63, 3.8) is 0 Å². The molecule has 0 N–H and O–H groups in total. The zero-order valence-electron chi connectivity index (χ0n) is 12.4. The molecule has 2 heterocycles. The van der Waals surface area contributed by atoms with Gasteiger partial charge < -0.3 is 4.74 Å². The maximum Gasteiger partial charge on any atom is 0.315 e. The normalized spacial score (nSPS) is 10.6. The SMILES string of the molecule is CCOC(=O)CCCn1cc([N+](=O)[O-])c(-c2cnn(C)c2)n1. The van der Waals surface area contributed by atoms with Gasteiger partial charge in [-0.1, -0.05) is 0 Å². The molecule has 0 radical (unpaired) electrons. The second kappa shape index (κ2) is 6.83. The van der Waals surface area contributed by atoms with Gasteiger partial charge in [-0.05, 0) is 13.3 Å². The van der Waals surface area contributed by atoms with Gasteiger partial charge in [0.2, 0.25) is 0 Å². The summed E-state index contributed by atoms with van der Waals surface area (Å²) in [6, 6.07) is 0. The number of carbonyl (C=O) groups is 1. The standard InChI is InChI=1S/C13H17N5O4/c1-3-22-12(19)5-4-6-17-9-11(18(20)21)13(15-17)10-7-14-16(2)8-10/h7-9H,3-6H2,1-2H3. The molecule has 0 spiro atoms. The molecule has 118 valence electrons. The summed E-state index contributed by atoms with van der Waals surface area (Å²) in [6.45, 7) is 2.49. The number of esters is 1. The van der Waals surface area contributed by atoms with Gasteiger partial charge in [0.15, 0.2) is 5.69 Å². The number of hydrogen-bond donors (Lipinski definition) is 0. The monoisotopic (exact) mass is 307 g/mol. The fourth-order valence-electron chi connectivity index (χ4n) is 2.03. The first kappa shape index (κ1) is 15.7. The Morgan fingerprint density at radius 2 is 2.23 bits per heavy atom. The number of nitro groups is 1. The smallest absolute Gasteiger partial charge is 0.315 e. The molecule has 0 aliphatic rings. The molecule has 22 heavy (non-hydrogen) atoms. The van der Waals surface area contributed by atoms with Crippen molar-refractivity contribution in [3.8, 4) is 11.3 Å². The van der Waals surface area contributed by atoms with Crippen molar-refractivity contribution in [2.45, 2.75) is 26.3 Å². The first-order valence-corrected chi connectivity index (χ1v) is 6.87. The fourth-order valence-corrected chi connectivity index (χ4v) is 2.03. The van der Waals surface area contributed by atoms with E-state index in [0.29, 0.717) is 25.1 Å². The van der Waals surface area contributed by atoms with E-state index in [2.05, 4.69) is 10.2 Å². The van der Waals surface area contributed by atoms with Crippen molar-refractivity contribution in [2.24, 2.45) is 7.05 Å². The van der Waals surface area contributed by atoms with Crippen molar-refractivity contribution in [1.82, 2.24) is 19.6 Å². The summed E-state index contributed by atoms with van der Waals surface area (Å²) in [7, 11) is 1.73. The summed E-state index contributed by atoms with van der Waals surface area (Å²) >= 11 is 0. The maximum atomic E-state index is 11.3. The van der Waals surface area contributed by atoms with Gasteiger partial charge in [0, 0.05) is 31.8 Å². The van der Waals surface area contributed by atoms with E-state index in [9.17, 15) is 14.9 Å². The highest BCUT2D eigenvalue weighted by Crippen LogP contribution is 2.27. The molecule has 0 aliphatic carbocycles. The molecule has 0 aliphatic heterocycles. The van der Waals surface area contributed by atoms with Crippen LogP contribution in [0.4, 0.5) is 5.69 Å². The molecule has 2 rings (SSSR count). The number of rotatable bonds is 7. The minimum absolute atomic E-state index is 0.0795. The van der Waals surface area contributed by atoms with Crippen LogP contribution in [0.1, 0.15) is 19.8 Å². The number of hydrogen-bond acceptors (Lipinski definition) is 6. The Morgan fingerprint density at radius 3 is 2.82 bits per heavy atom. The third-order valence-electron chi connectivity index (χ3n) is 2.99. The van der Waals surface area contributed by atoms with Gasteiger partial charge in [-0.2, -0.15) is 10.2 Å². The summed E-state index contributed by atoms with van der Waals surface area (Å²) in [6.07, 6.45) is 5.32. The minimum Gasteiger partial charge on any atom is -0.466 e. The lowest BCUT2D eigenvalue weighted by atomic mass is 10.2. The Kier molecular flexibility index (Phi) is 4.87. The van der Waals surface area contributed by atoms with E-state index >= 15 is 0 Å². The predicted molar refractivity (Wildman–Crippen MR) is 77.0 cm³/mol. The van der Waals surface area contributed by atoms with E-state index in [0.717, 1.165) is 0 Å². The zero-order chi connectivity index (χ0) is 16.1. The first-order valence-electron chi connectivity index (χ1n) is 6.87. The Hall–Kier alpha value is -2.71. The first-order chi connectivity index (χ1) is 10.5. The second-order valence-electron chi connectivity index (χ2n) is 4.69. The molecule has 0 atom stereocenters. The van der Waals surface area contributed by atoms with Crippen molar-refractivity contribution < 1.29 is 14.5 Å². The molecule has 0 fully saturated rings. The van der Waals surface area contributed by atoms with Crippen molar-refractivity contribution >= 4 is 11.7 Å². The van der Waals surface area contributed by atoms with Gasteiger partial charge in [0.1, 0.15) is 6.20 Å². The van der Waals surface area contributed by atoms with E-state index in [1.165, 1.54) is 17.1 Å². The number of ether oxygens (including phenoxy) is 1. The van der Waals surface area contributed by atoms with Crippen LogP contribution in [-0.2, 0) is 23.1 Å². The summed E-state index contributed by atoms with van der Waals surface area (Å²) in [5.41, 5.74) is 0.775.